The first-order chi connectivity index (χ1) is 8.58. The number of rotatable bonds is 7. The van der Waals surface area contributed by atoms with Gasteiger partial charge in [-0.15, -0.1) is 0 Å². The molecule has 0 amide bonds. The molecule has 1 aromatic carbocycles. The number of ether oxygens (including phenoxy) is 2. The van der Waals surface area contributed by atoms with E-state index < -0.39 is 0 Å². The fourth-order valence-electron chi connectivity index (χ4n) is 1.48. The first-order valence-corrected chi connectivity index (χ1v) is 7.23. The van der Waals surface area contributed by atoms with Crippen LogP contribution in [0.25, 0.3) is 0 Å². The predicted molar refractivity (Wildman–Crippen MR) is 81.6 cm³/mol. The zero-order valence-corrected chi connectivity index (χ0v) is 13.7. The maximum Gasteiger partial charge on any atom is 0.175 e. The Balaban J connectivity index is 3.01. The predicted octanol–water partition coefficient (Wildman–Crippen LogP) is 3.85. The van der Waals surface area contributed by atoms with Crippen molar-refractivity contribution in [2.75, 3.05) is 20.3 Å². The highest BCUT2D eigenvalue weighted by Gasteiger charge is 2.12. The van der Waals surface area contributed by atoms with Crippen molar-refractivity contribution in [1.82, 2.24) is 5.32 Å². The van der Waals surface area contributed by atoms with Crippen molar-refractivity contribution in [2.45, 2.75) is 13.5 Å². The van der Waals surface area contributed by atoms with Crippen LogP contribution in [-0.2, 0) is 6.54 Å². The number of halogens is 2. The van der Waals surface area contributed by atoms with Crippen LogP contribution in [-0.4, -0.2) is 20.3 Å². The van der Waals surface area contributed by atoms with Crippen LogP contribution in [0.4, 0.5) is 0 Å². The molecule has 0 aromatic heterocycles. The van der Waals surface area contributed by atoms with Crippen molar-refractivity contribution < 1.29 is 9.47 Å². The Morgan fingerprint density at radius 2 is 2.11 bits per heavy atom. The molecule has 1 aromatic rings. The third kappa shape index (κ3) is 4.63. The van der Waals surface area contributed by atoms with Gasteiger partial charge in [-0.1, -0.05) is 22.5 Å². The maximum absolute atomic E-state index is 5.68. The largest absolute Gasteiger partial charge is 0.490 e. The van der Waals surface area contributed by atoms with E-state index in [0.29, 0.717) is 19.0 Å². The van der Waals surface area contributed by atoms with Crippen LogP contribution in [0.1, 0.15) is 12.5 Å². The molecule has 0 aliphatic rings. The fourth-order valence-corrected chi connectivity index (χ4v) is 2.20. The summed E-state index contributed by atoms with van der Waals surface area (Å²) < 4.78 is 13.0. The Morgan fingerprint density at radius 1 is 1.39 bits per heavy atom. The molecule has 0 radical (unpaired) electrons. The molecule has 1 N–H and O–H groups in total. The van der Waals surface area contributed by atoms with E-state index in [1.165, 1.54) is 0 Å². The van der Waals surface area contributed by atoms with Crippen LogP contribution in [0.5, 0.6) is 11.5 Å². The van der Waals surface area contributed by atoms with Crippen LogP contribution in [0.15, 0.2) is 27.7 Å². The lowest BCUT2D eigenvalue weighted by atomic mass is 10.2. The third-order valence-corrected chi connectivity index (χ3v) is 2.94. The molecular weight excluding hydrogens is 362 g/mol. The van der Waals surface area contributed by atoms with Gasteiger partial charge in [0.2, 0.25) is 0 Å². The van der Waals surface area contributed by atoms with Crippen LogP contribution >= 0.6 is 31.9 Å². The summed E-state index contributed by atoms with van der Waals surface area (Å²) in [5.41, 5.74) is 1.14. The molecule has 0 fully saturated rings. The molecule has 0 atom stereocenters. The summed E-state index contributed by atoms with van der Waals surface area (Å²) >= 11 is 6.78. The van der Waals surface area contributed by atoms with Gasteiger partial charge in [0.15, 0.2) is 11.5 Å². The Hall–Kier alpha value is -0.520. The average molecular weight is 379 g/mol. The second kappa shape index (κ2) is 7.81. The minimum Gasteiger partial charge on any atom is -0.490 e. The maximum atomic E-state index is 5.68. The van der Waals surface area contributed by atoms with E-state index in [9.17, 15) is 0 Å². The molecule has 18 heavy (non-hydrogen) atoms. The lowest BCUT2D eigenvalue weighted by molar-refractivity contribution is 0.294. The molecule has 0 spiro atoms. The van der Waals surface area contributed by atoms with Gasteiger partial charge in [0, 0.05) is 11.0 Å². The summed E-state index contributed by atoms with van der Waals surface area (Å²) in [6.07, 6.45) is 0. The Kier molecular flexibility index (Phi) is 6.75. The van der Waals surface area contributed by atoms with E-state index in [2.05, 4.69) is 43.8 Å². The highest BCUT2D eigenvalue weighted by atomic mass is 79.9. The van der Waals surface area contributed by atoms with Crippen molar-refractivity contribution in [3.63, 3.8) is 0 Å². The topological polar surface area (TPSA) is 30.5 Å². The van der Waals surface area contributed by atoms with Gasteiger partial charge in [-0.3, -0.25) is 0 Å². The Morgan fingerprint density at radius 3 is 2.67 bits per heavy atom. The van der Waals surface area contributed by atoms with Gasteiger partial charge in [-0.2, -0.15) is 0 Å². The fraction of sp³-hybridized carbons (Fsp3) is 0.385. The quantitative estimate of drug-likeness (QED) is 0.781. The summed E-state index contributed by atoms with van der Waals surface area (Å²) in [7, 11) is 1.91. The lowest BCUT2D eigenvalue weighted by Gasteiger charge is -2.15. The molecule has 0 aliphatic heterocycles. The molecule has 0 saturated heterocycles. The Labute approximate surface area is 125 Å². The SMILES string of the molecule is C=C(Br)COc1c(Br)cc(CNC)cc1OCC. The third-order valence-electron chi connectivity index (χ3n) is 2.12. The first-order valence-electron chi connectivity index (χ1n) is 5.64. The lowest BCUT2D eigenvalue weighted by Crippen LogP contribution is -2.07. The van der Waals surface area contributed by atoms with Gasteiger partial charge in [-0.25, -0.2) is 0 Å². The van der Waals surface area contributed by atoms with Gasteiger partial charge >= 0.3 is 0 Å². The molecule has 3 nitrogen and oxygen atoms in total. The highest BCUT2D eigenvalue weighted by molar-refractivity contribution is 9.11. The molecule has 0 saturated carbocycles. The van der Waals surface area contributed by atoms with Crippen molar-refractivity contribution in [3.05, 3.63) is 33.2 Å². The summed E-state index contributed by atoms with van der Waals surface area (Å²) in [5, 5.41) is 3.11. The first kappa shape index (κ1) is 15.5. The van der Waals surface area contributed by atoms with Gasteiger partial charge in [-0.05, 0) is 47.6 Å². The summed E-state index contributed by atoms with van der Waals surface area (Å²) in [4.78, 5) is 0. The monoisotopic (exact) mass is 377 g/mol. The minimum atomic E-state index is 0.407. The average Bonchev–Trinajstić information content (AvgIpc) is 2.28. The van der Waals surface area contributed by atoms with E-state index in [-0.39, 0.29) is 0 Å². The van der Waals surface area contributed by atoms with Crippen molar-refractivity contribution >= 4 is 31.9 Å². The summed E-state index contributed by atoms with van der Waals surface area (Å²) in [6.45, 7) is 7.49. The van der Waals surface area contributed by atoms with Gasteiger partial charge in [0.05, 0.1) is 11.1 Å². The number of hydrogen-bond acceptors (Lipinski definition) is 3. The van der Waals surface area contributed by atoms with E-state index in [1.807, 2.05) is 26.1 Å². The zero-order valence-electron chi connectivity index (χ0n) is 10.6. The smallest absolute Gasteiger partial charge is 0.175 e. The van der Waals surface area contributed by atoms with Crippen LogP contribution in [0.2, 0.25) is 0 Å². The summed E-state index contributed by atoms with van der Waals surface area (Å²) in [6, 6.07) is 4.00. The van der Waals surface area contributed by atoms with E-state index in [4.69, 9.17) is 9.47 Å². The van der Waals surface area contributed by atoms with E-state index in [0.717, 1.165) is 26.8 Å². The molecule has 100 valence electrons. The van der Waals surface area contributed by atoms with Crippen molar-refractivity contribution in [1.29, 1.82) is 0 Å². The second-order valence-electron chi connectivity index (χ2n) is 3.67. The standard InChI is InChI=1S/C13H17Br2NO2/c1-4-17-12-6-10(7-16-3)5-11(15)13(12)18-8-9(2)14/h5-6,16H,2,4,7-8H2,1,3H3. The van der Waals surface area contributed by atoms with Crippen LogP contribution < -0.4 is 14.8 Å². The molecule has 0 aliphatic carbocycles. The van der Waals surface area contributed by atoms with E-state index in [1.54, 1.807) is 0 Å². The Bertz CT molecular complexity index is 422. The molecule has 0 unspecified atom stereocenters. The minimum absolute atomic E-state index is 0.407. The van der Waals surface area contributed by atoms with Crippen LogP contribution in [0, 0.1) is 0 Å². The summed E-state index contributed by atoms with van der Waals surface area (Å²) in [5.74, 6) is 1.45. The molecule has 1 rings (SSSR count). The second-order valence-corrected chi connectivity index (χ2v) is 5.65. The molecule has 0 bridgehead atoms. The van der Waals surface area contributed by atoms with Gasteiger partial charge in [0.1, 0.15) is 6.61 Å². The number of hydrogen-bond donors (Lipinski definition) is 1. The normalized spacial score (nSPS) is 10.2. The highest BCUT2D eigenvalue weighted by Crippen LogP contribution is 2.37. The van der Waals surface area contributed by atoms with Crippen LogP contribution in [0.3, 0.4) is 0 Å². The molecular formula is C13H17Br2NO2. The van der Waals surface area contributed by atoms with Crippen molar-refractivity contribution in [2.24, 2.45) is 0 Å². The van der Waals surface area contributed by atoms with E-state index >= 15 is 0 Å². The zero-order chi connectivity index (χ0) is 13.5. The molecule has 5 heteroatoms. The van der Waals surface area contributed by atoms with Gasteiger partial charge < -0.3 is 14.8 Å². The van der Waals surface area contributed by atoms with Gasteiger partial charge in [0.25, 0.3) is 0 Å². The van der Waals surface area contributed by atoms with Crippen molar-refractivity contribution in [3.8, 4) is 11.5 Å². The number of nitrogens with one attached hydrogen (secondary N) is 1. The molecule has 0 heterocycles. The number of benzene rings is 1.